The van der Waals surface area contributed by atoms with E-state index in [-0.39, 0.29) is 11.5 Å². The number of thioether (sulfide) groups is 1. The summed E-state index contributed by atoms with van der Waals surface area (Å²) in [5, 5.41) is 10.0. The molecule has 0 radical (unpaired) electrons. The molecule has 0 spiro atoms. The maximum Gasteiger partial charge on any atom is 0.267 e. The van der Waals surface area contributed by atoms with Gasteiger partial charge in [0.1, 0.15) is 0 Å². The first-order valence-corrected chi connectivity index (χ1v) is 10.4. The Kier molecular flexibility index (Phi) is 5.35. The predicted octanol–water partition coefficient (Wildman–Crippen LogP) is 3.09. The third kappa shape index (κ3) is 3.63. The number of carbonyl (C=O) groups is 1. The van der Waals surface area contributed by atoms with Crippen molar-refractivity contribution < 1.29 is 4.79 Å². The van der Waals surface area contributed by atoms with Gasteiger partial charge in [-0.2, -0.15) is 0 Å². The molecule has 8 heteroatoms. The largest absolute Gasteiger partial charge is 0.370 e. The summed E-state index contributed by atoms with van der Waals surface area (Å²) < 4.78 is 3.56. The lowest BCUT2D eigenvalue weighted by atomic mass is 10.2. The number of para-hydroxylation sites is 2. The minimum absolute atomic E-state index is 0.118. The van der Waals surface area contributed by atoms with Gasteiger partial charge in [-0.25, -0.2) is 4.57 Å². The van der Waals surface area contributed by atoms with Crippen LogP contribution >= 0.6 is 11.8 Å². The summed E-state index contributed by atoms with van der Waals surface area (Å²) in [5.74, 6) is 0.991. The van der Waals surface area contributed by atoms with E-state index in [1.807, 2.05) is 59.9 Å². The minimum atomic E-state index is -0.281. The molecule has 2 heterocycles. The van der Waals surface area contributed by atoms with Crippen LogP contribution in [0, 0.1) is 6.92 Å². The van der Waals surface area contributed by atoms with Gasteiger partial charge in [-0.05, 0) is 43.5 Å². The normalized spacial score (nSPS) is 11.3. The monoisotopic (exact) mass is 407 g/mol. The van der Waals surface area contributed by atoms with Gasteiger partial charge >= 0.3 is 0 Å². The van der Waals surface area contributed by atoms with Crippen molar-refractivity contribution in [2.45, 2.75) is 31.3 Å². The number of hydrogen-bond acceptors (Lipinski definition) is 5. The van der Waals surface area contributed by atoms with Crippen LogP contribution in [0.25, 0.3) is 22.4 Å². The van der Waals surface area contributed by atoms with Crippen LogP contribution in [0.2, 0.25) is 0 Å². The zero-order valence-electron chi connectivity index (χ0n) is 16.0. The molecule has 4 aromatic rings. The van der Waals surface area contributed by atoms with Crippen molar-refractivity contribution in [3.05, 3.63) is 64.4 Å². The van der Waals surface area contributed by atoms with Crippen LogP contribution in [0.3, 0.4) is 0 Å². The second-order valence-corrected chi connectivity index (χ2v) is 7.90. The SMILES string of the molecule is Cc1ccccc1-n1c(=O)c2ccccc2n2c(SCCCCC(N)=O)nnc12. The van der Waals surface area contributed by atoms with E-state index < -0.39 is 0 Å². The second kappa shape index (κ2) is 8.08. The van der Waals surface area contributed by atoms with E-state index >= 15 is 0 Å². The van der Waals surface area contributed by atoms with E-state index in [1.54, 1.807) is 16.3 Å². The Morgan fingerprint density at radius 3 is 2.62 bits per heavy atom. The number of fused-ring (bicyclic) bond motifs is 3. The molecule has 0 fully saturated rings. The second-order valence-electron chi connectivity index (χ2n) is 6.83. The Bertz CT molecular complexity index is 1260. The molecule has 2 aromatic heterocycles. The minimum Gasteiger partial charge on any atom is -0.370 e. The highest BCUT2D eigenvalue weighted by Crippen LogP contribution is 2.24. The van der Waals surface area contributed by atoms with Crippen LogP contribution < -0.4 is 11.3 Å². The molecule has 0 saturated carbocycles. The summed E-state index contributed by atoms with van der Waals surface area (Å²) in [5.41, 5.74) is 7.63. The number of amides is 1. The van der Waals surface area contributed by atoms with Crippen LogP contribution in [-0.4, -0.2) is 30.8 Å². The molecular weight excluding hydrogens is 386 g/mol. The molecule has 0 aliphatic carbocycles. The number of hydrogen-bond donors (Lipinski definition) is 1. The average Bonchev–Trinajstić information content (AvgIpc) is 3.13. The fraction of sp³-hybridized carbons (Fsp3) is 0.238. The van der Waals surface area contributed by atoms with Crippen molar-refractivity contribution in [2.24, 2.45) is 5.73 Å². The average molecular weight is 407 g/mol. The summed E-state index contributed by atoms with van der Waals surface area (Å²) in [4.78, 5) is 24.2. The van der Waals surface area contributed by atoms with Gasteiger partial charge in [0.2, 0.25) is 11.7 Å². The number of unbranched alkanes of at least 4 members (excludes halogenated alkanes) is 1. The molecule has 2 N–H and O–H groups in total. The lowest BCUT2D eigenvalue weighted by Gasteiger charge is -2.13. The highest BCUT2D eigenvalue weighted by atomic mass is 32.2. The number of aryl methyl sites for hydroxylation is 1. The Labute approximate surface area is 171 Å². The molecule has 1 amide bonds. The number of benzene rings is 2. The topological polar surface area (TPSA) is 95.3 Å². The van der Waals surface area contributed by atoms with E-state index in [2.05, 4.69) is 10.2 Å². The van der Waals surface area contributed by atoms with Gasteiger partial charge in [-0.15, -0.1) is 10.2 Å². The summed E-state index contributed by atoms with van der Waals surface area (Å²) >= 11 is 1.56. The molecule has 7 nitrogen and oxygen atoms in total. The smallest absolute Gasteiger partial charge is 0.267 e. The van der Waals surface area contributed by atoms with Crippen LogP contribution in [0.4, 0.5) is 0 Å². The van der Waals surface area contributed by atoms with Crippen LogP contribution in [0.15, 0.2) is 58.5 Å². The summed E-state index contributed by atoms with van der Waals surface area (Å²) in [6.07, 6.45) is 1.97. The summed E-state index contributed by atoms with van der Waals surface area (Å²) in [6.45, 7) is 1.97. The van der Waals surface area contributed by atoms with Crippen molar-refractivity contribution in [3.8, 4) is 5.69 Å². The number of primary amides is 1. The van der Waals surface area contributed by atoms with E-state index in [1.165, 1.54) is 0 Å². The summed E-state index contributed by atoms with van der Waals surface area (Å²) in [6, 6.07) is 15.2. The van der Waals surface area contributed by atoms with E-state index in [4.69, 9.17) is 5.73 Å². The van der Waals surface area contributed by atoms with Gasteiger partial charge in [0.15, 0.2) is 5.16 Å². The summed E-state index contributed by atoms with van der Waals surface area (Å²) in [7, 11) is 0. The Morgan fingerprint density at radius 1 is 1.07 bits per heavy atom. The Morgan fingerprint density at radius 2 is 1.83 bits per heavy atom. The van der Waals surface area contributed by atoms with E-state index in [0.717, 1.165) is 40.5 Å². The molecule has 148 valence electrons. The molecule has 29 heavy (non-hydrogen) atoms. The van der Waals surface area contributed by atoms with Crippen molar-refractivity contribution in [2.75, 3.05) is 5.75 Å². The standard InChI is InChI=1S/C21H21N5O2S/c1-14-8-2-4-10-16(14)25-19(28)15-9-3-5-11-17(15)26-20(25)23-24-21(26)29-13-7-6-12-18(22)27/h2-5,8-11H,6-7,12-13H2,1H3,(H2,22,27). The molecule has 0 saturated heterocycles. The number of aromatic nitrogens is 4. The highest BCUT2D eigenvalue weighted by Gasteiger charge is 2.18. The fourth-order valence-corrected chi connectivity index (χ4v) is 4.31. The molecule has 0 unspecified atom stereocenters. The first-order chi connectivity index (χ1) is 14.1. The number of nitrogens with zero attached hydrogens (tertiary/aromatic N) is 4. The highest BCUT2D eigenvalue weighted by molar-refractivity contribution is 7.99. The molecule has 2 aromatic carbocycles. The Balaban J connectivity index is 1.84. The van der Waals surface area contributed by atoms with Gasteiger partial charge in [0, 0.05) is 12.2 Å². The van der Waals surface area contributed by atoms with Gasteiger partial charge < -0.3 is 5.73 Å². The lowest BCUT2D eigenvalue weighted by Crippen LogP contribution is -2.22. The van der Waals surface area contributed by atoms with Crippen molar-refractivity contribution in [1.82, 2.24) is 19.2 Å². The predicted molar refractivity (Wildman–Crippen MR) is 115 cm³/mol. The van der Waals surface area contributed by atoms with Gasteiger partial charge in [0.25, 0.3) is 5.56 Å². The van der Waals surface area contributed by atoms with E-state index in [0.29, 0.717) is 17.6 Å². The quantitative estimate of drug-likeness (QED) is 0.375. The van der Waals surface area contributed by atoms with Gasteiger partial charge in [-0.1, -0.05) is 42.1 Å². The fourth-order valence-electron chi connectivity index (χ4n) is 3.37. The molecule has 0 aliphatic rings. The number of rotatable bonds is 7. The maximum atomic E-state index is 13.3. The molecule has 0 atom stereocenters. The number of carbonyl (C=O) groups excluding carboxylic acids is 1. The first kappa shape index (κ1) is 19.2. The van der Waals surface area contributed by atoms with Crippen molar-refractivity contribution in [1.29, 1.82) is 0 Å². The molecule has 0 bridgehead atoms. The lowest BCUT2D eigenvalue weighted by molar-refractivity contribution is -0.118. The number of nitrogens with two attached hydrogens (primary N) is 1. The Hall–Kier alpha value is -3.13. The third-order valence-electron chi connectivity index (χ3n) is 4.80. The molecule has 4 rings (SSSR count). The zero-order chi connectivity index (χ0) is 20.4. The zero-order valence-corrected chi connectivity index (χ0v) is 16.9. The first-order valence-electron chi connectivity index (χ1n) is 9.44. The molecular formula is C21H21N5O2S. The van der Waals surface area contributed by atoms with E-state index in [9.17, 15) is 9.59 Å². The van der Waals surface area contributed by atoms with Crippen LogP contribution in [-0.2, 0) is 4.79 Å². The van der Waals surface area contributed by atoms with Crippen molar-refractivity contribution >= 4 is 34.3 Å². The van der Waals surface area contributed by atoms with Gasteiger partial charge in [-0.3, -0.25) is 14.0 Å². The molecule has 0 aliphatic heterocycles. The van der Waals surface area contributed by atoms with Crippen LogP contribution in [0.5, 0.6) is 0 Å². The van der Waals surface area contributed by atoms with Crippen molar-refractivity contribution in [3.63, 3.8) is 0 Å². The van der Waals surface area contributed by atoms with Gasteiger partial charge in [0.05, 0.1) is 16.6 Å². The third-order valence-corrected chi connectivity index (χ3v) is 5.81. The maximum absolute atomic E-state index is 13.3. The van der Waals surface area contributed by atoms with Crippen LogP contribution in [0.1, 0.15) is 24.8 Å².